The van der Waals surface area contributed by atoms with Gasteiger partial charge in [0.25, 0.3) is 0 Å². The zero-order valence-electron chi connectivity index (χ0n) is 10.6. The van der Waals surface area contributed by atoms with Crippen molar-refractivity contribution in [1.82, 2.24) is 10.3 Å². The summed E-state index contributed by atoms with van der Waals surface area (Å²) in [6, 6.07) is 4.71. The third-order valence-corrected chi connectivity index (χ3v) is 3.48. The third kappa shape index (κ3) is 3.70. The maximum absolute atomic E-state index is 5.26. The van der Waals surface area contributed by atoms with Gasteiger partial charge in [-0.2, -0.15) is 0 Å². The number of aromatic nitrogens is 1. The number of methoxy groups -OCH3 is 1. The first-order chi connectivity index (χ1) is 8.40. The molecule has 1 aromatic heterocycles. The fourth-order valence-electron chi connectivity index (χ4n) is 2.48. The minimum absolute atomic E-state index is 0.669. The number of hydrogen-bond acceptors (Lipinski definition) is 3. The SMILES string of the molecule is COc1ncccc1CNC1CCCCCC1. The topological polar surface area (TPSA) is 34.1 Å². The first-order valence-electron chi connectivity index (χ1n) is 6.61. The molecule has 1 N–H and O–H groups in total. The summed E-state index contributed by atoms with van der Waals surface area (Å²) in [5, 5.41) is 3.63. The summed E-state index contributed by atoms with van der Waals surface area (Å²) in [5.41, 5.74) is 1.15. The molecule has 1 aliphatic carbocycles. The van der Waals surface area contributed by atoms with E-state index in [1.807, 2.05) is 6.07 Å². The monoisotopic (exact) mass is 234 g/mol. The van der Waals surface area contributed by atoms with Gasteiger partial charge in [0.2, 0.25) is 5.88 Å². The standard InChI is InChI=1S/C14H22N2O/c1-17-14-12(7-6-10-15-14)11-16-13-8-4-2-3-5-9-13/h6-7,10,13,16H,2-5,8-9,11H2,1H3. The predicted octanol–water partition coefficient (Wildman–Crippen LogP) is 2.90. The van der Waals surface area contributed by atoms with Crippen LogP contribution in [0, 0.1) is 0 Å². The van der Waals surface area contributed by atoms with Gasteiger partial charge in [-0.15, -0.1) is 0 Å². The van der Waals surface area contributed by atoms with Crippen LogP contribution in [-0.4, -0.2) is 18.1 Å². The van der Waals surface area contributed by atoms with Crippen LogP contribution in [0.5, 0.6) is 5.88 Å². The van der Waals surface area contributed by atoms with Crippen molar-refractivity contribution in [2.45, 2.75) is 51.1 Å². The Bertz CT molecular complexity index is 333. The van der Waals surface area contributed by atoms with Crippen molar-refractivity contribution in [1.29, 1.82) is 0 Å². The van der Waals surface area contributed by atoms with Gasteiger partial charge in [-0.25, -0.2) is 4.98 Å². The lowest BCUT2D eigenvalue weighted by molar-refractivity contribution is 0.385. The fourth-order valence-corrected chi connectivity index (χ4v) is 2.48. The van der Waals surface area contributed by atoms with Crippen LogP contribution in [0.4, 0.5) is 0 Å². The normalized spacial score (nSPS) is 17.7. The van der Waals surface area contributed by atoms with Crippen molar-refractivity contribution in [2.75, 3.05) is 7.11 Å². The van der Waals surface area contributed by atoms with Gasteiger partial charge < -0.3 is 10.1 Å². The van der Waals surface area contributed by atoms with Crippen molar-refractivity contribution >= 4 is 0 Å². The predicted molar refractivity (Wildman–Crippen MR) is 69.1 cm³/mol. The molecule has 17 heavy (non-hydrogen) atoms. The summed E-state index contributed by atoms with van der Waals surface area (Å²) in [6.45, 7) is 0.863. The number of nitrogens with one attached hydrogen (secondary N) is 1. The summed E-state index contributed by atoms with van der Waals surface area (Å²) in [7, 11) is 1.68. The molecule has 0 amide bonds. The van der Waals surface area contributed by atoms with E-state index in [4.69, 9.17) is 4.74 Å². The average molecular weight is 234 g/mol. The molecule has 0 aliphatic heterocycles. The second kappa shape index (κ2) is 6.60. The van der Waals surface area contributed by atoms with E-state index in [1.165, 1.54) is 38.5 Å². The largest absolute Gasteiger partial charge is 0.481 e. The summed E-state index contributed by atoms with van der Waals surface area (Å²) in [5.74, 6) is 0.744. The molecule has 3 nitrogen and oxygen atoms in total. The molecule has 0 bridgehead atoms. The summed E-state index contributed by atoms with van der Waals surface area (Å²) in [4.78, 5) is 4.22. The molecule has 1 aromatic rings. The molecule has 2 rings (SSSR count). The quantitative estimate of drug-likeness (QED) is 0.813. The summed E-state index contributed by atoms with van der Waals surface area (Å²) in [6.07, 6.45) is 9.91. The highest BCUT2D eigenvalue weighted by atomic mass is 16.5. The molecule has 0 aromatic carbocycles. The van der Waals surface area contributed by atoms with E-state index in [1.54, 1.807) is 13.3 Å². The Balaban J connectivity index is 1.87. The van der Waals surface area contributed by atoms with Gasteiger partial charge in [-0.1, -0.05) is 31.7 Å². The minimum Gasteiger partial charge on any atom is -0.481 e. The maximum Gasteiger partial charge on any atom is 0.217 e. The highest BCUT2D eigenvalue weighted by Crippen LogP contribution is 2.19. The van der Waals surface area contributed by atoms with Crippen LogP contribution < -0.4 is 10.1 Å². The highest BCUT2D eigenvalue weighted by Gasteiger charge is 2.12. The Morgan fingerprint density at radius 2 is 2.06 bits per heavy atom. The zero-order valence-corrected chi connectivity index (χ0v) is 10.6. The summed E-state index contributed by atoms with van der Waals surface area (Å²) < 4.78 is 5.26. The van der Waals surface area contributed by atoms with E-state index in [9.17, 15) is 0 Å². The molecular formula is C14H22N2O. The van der Waals surface area contributed by atoms with Crippen LogP contribution in [0.15, 0.2) is 18.3 Å². The zero-order chi connectivity index (χ0) is 11.9. The van der Waals surface area contributed by atoms with Crippen molar-refractivity contribution in [3.8, 4) is 5.88 Å². The van der Waals surface area contributed by atoms with Crippen molar-refractivity contribution in [3.63, 3.8) is 0 Å². The Hall–Kier alpha value is -1.09. The van der Waals surface area contributed by atoms with Gasteiger partial charge in [0.05, 0.1) is 7.11 Å². The molecule has 1 fully saturated rings. The molecule has 0 radical (unpaired) electrons. The lowest BCUT2D eigenvalue weighted by Gasteiger charge is -2.16. The van der Waals surface area contributed by atoms with Crippen LogP contribution in [0.1, 0.15) is 44.1 Å². The first-order valence-corrected chi connectivity index (χ1v) is 6.61. The van der Waals surface area contributed by atoms with E-state index in [-0.39, 0.29) is 0 Å². The third-order valence-electron chi connectivity index (χ3n) is 3.48. The van der Waals surface area contributed by atoms with Crippen LogP contribution in [0.2, 0.25) is 0 Å². The Labute approximate surface area is 104 Å². The van der Waals surface area contributed by atoms with Crippen molar-refractivity contribution in [2.24, 2.45) is 0 Å². The van der Waals surface area contributed by atoms with E-state index in [0.29, 0.717) is 6.04 Å². The average Bonchev–Trinajstić information content (AvgIpc) is 2.65. The van der Waals surface area contributed by atoms with Crippen LogP contribution >= 0.6 is 0 Å². The first kappa shape index (κ1) is 12.4. The maximum atomic E-state index is 5.26. The van der Waals surface area contributed by atoms with Crippen LogP contribution in [-0.2, 0) is 6.54 Å². The molecule has 0 spiro atoms. The molecule has 3 heteroatoms. The summed E-state index contributed by atoms with van der Waals surface area (Å²) >= 11 is 0. The molecular weight excluding hydrogens is 212 g/mol. The van der Waals surface area contributed by atoms with Crippen molar-refractivity contribution < 1.29 is 4.74 Å². The number of hydrogen-bond donors (Lipinski definition) is 1. The van der Waals surface area contributed by atoms with E-state index < -0.39 is 0 Å². The van der Waals surface area contributed by atoms with E-state index in [2.05, 4.69) is 16.4 Å². The van der Waals surface area contributed by atoms with Gasteiger partial charge >= 0.3 is 0 Å². The Morgan fingerprint density at radius 3 is 2.76 bits per heavy atom. The fraction of sp³-hybridized carbons (Fsp3) is 0.643. The smallest absolute Gasteiger partial charge is 0.217 e. The Kier molecular flexibility index (Phi) is 4.80. The molecule has 1 heterocycles. The molecule has 0 atom stereocenters. The van der Waals surface area contributed by atoms with Gasteiger partial charge in [-0.05, 0) is 18.9 Å². The van der Waals surface area contributed by atoms with Gasteiger partial charge in [0.15, 0.2) is 0 Å². The molecule has 94 valence electrons. The minimum atomic E-state index is 0.669. The number of ether oxygens (including phenoxy) is 1. The number of nitrogens with zero attached hydrogens (tertiary/aromatic N) is 1. The van der Waals surface area contributed by atoms with E-state index >= 15 is 0 Å². The number of pyridine rings is 1. The van der Waals surface area contributed by atoms with Gasteiger partial charge in [0.1, 0.15) is 0 Å². The molecule has 1 saturated carbocycles. The van der Waals surface area contributed by atoms with Gasteiger partial charge in [-0.3, -0.25) is 0 Å². The van der Waals surface area contributed by atoms with Crippen LogP contribution in [0.25, 0.3) is 0 Å². The van der Waals surface area contributed by atoms with Gasteiger partial charge in [0, 0.05) is 24.3 Å². The highest BCUT2D eigenvalue weighted by molar-refractivity contribution is 5.25. The Morgan fingerprint density at radius 1 is 1.29 bits per heavy atom. The lowest BCUT2D eigenvalue weighted by Crippen LogP contribution is -2.28. The second-order valence-electron chi connectivity index (χ2n) is 4.74. The number of rotatable bonds is 4. The van der Waals surface area contributed by atoms with Crippen LogP contribution in [0.3, 0.4) is 0 Å². The second-order valence-corrected chi connectivity index (χ2v) is 4.74. The molecule has 0 unspecified atom stereocenters. The molecule has 1 aliphatic rings. The van der Waals surface area contributed by atoms with E-state index in [0.717, 1.165) is 18.0 Å². The lowest BCUT2D eigenvalue weighted by atomic mass is 10.1. The molecule has 0 saturated heterocycles. The van der Waals surface area contributed by atoms with Crippen molar-refractivity contribution in [3.05, 3.63) is 23.9 Å².